The van der Waals surface area contributed by atoms with E-state index < -0.39 is 36.3 Å². The topological polar surface area (TPSA) is 167 Å². The van der Waals surface area contributed by atoms with Crippen LogP contribution in [-0.2, 0) is 20.0 Å². The predicted molar refractivity (Wildman–Crippen MR) is 149 cm³/mol. The number of nitrogens with one attached hydrogen (secondary N) is 4. The molecule has 5 rings (SSSR count). The van der Waals surface area contributed by atoms with E-state index in [9.17, 15) is 26.0 Å². The standard InChI is InChI=1S/C23H14Cl3FN6O5S2/c24-12-3-7-15(26)17(9-12)39(35,36)33-22-19-21(30-31-22)28-20(29-23(19)34)11-1-5-14(6-2-11)32-40(37,38)18-10-13(25)4-8-16(18)27/h1-10,32H,(H3,28,29,30,31,33,34). The highest BCUT2D eigenvalue weighted by molar-refractivity contribution is 7.93. The fourth-order valence-electron chi connectivity index (χ4n) is 3.60. The van der Waals surface area contributed by atoms with Gasteiger partial charge in [0.05, 0.1) is 5.02 Å². The molecule has 0 aliphatic heterocycles. The first-order chi connectivity index (χ1) is 18.8. The highest BCUT2D eigenvalue weighted by atomic mass is 35.5. The smallest absolute Gasteiger partial charge is 0.264 e. The third-order valence-corrected chi connectivity index (χ3v) is 9.12. The van der Waals surface area contributed by atoms with Crippen LogP contribution in [-0.4, -0.2) is 37.0 Å². The van der Waals surface area contributed by atoms with Crippen LogP contribution >= 0.6 is 34.8 Å². The normalized spacial score (nSPS) is 12.0. The molecule has 17 heteroatoms. The summed E-state index contributed by atoms with van der Waals surface area (Å²) in [4.78, 5) is 18.8. The van der Waals surface area contributed by atoms with Crippen LogP contribution in [0, 0.1) is 5.82 Å². The zero-order valence-corrected chi connectivity index (χ0v) is 23.4. The second-order valence-electron chi connectivity index (χ2n) is 8.15. The van der Waals surface area contributed by atoms with E-state index in [2.05, 4.69) is 29.6 Å². The summed E-state index contributed by atoms with van der Waals surface area (Å²) in [7, 11) is -8.55. The lowest BCUT2D eigenvalue weighted by atomic mass is 10.2. The summed E-state index contributed by atoms with van der Waals surface area (Å²) in [5, 5.41) is 6.29. The van der Waals surface area contributed by atoms with Crippen molar-refractivity contribution in [3.63, 3.8) is 0 Å². The fourth-order valence-corrected chi connectivity index (χ4v) is 6.78. The summed E-state index contributed by atoms with van der Waals surface area (Å²) >= 11 is 17.7. The van der Waals surface area contributed by atoms with E-state index in [1.165, 1.54) is 42.5 Å². The van der Waals surface area contributed by atoms with E-state index in [1.807, 2.05) is 0 Å². The Bertz CT molecular complexity index is 2070. The number of anilines is 2. The van der Waals surface area contributed by atoms with Gasteiger partial charge in [0, 0.05) is 21.3 Å². The molecule has 0 unspecified atom stereocenters. The van der Waals surface area contributed by atoms with Gasteiger partial charge in [-0.3, -0.25) is 19.3 Å². The molecule has 0 aliphatic carbocycles. The second-order valence-corrected chi connectivity index (χ2v) is 12.7. The third-order valence-electron chi connectivity index (χ3n) is 5.44. The number of halogens is 4. The molecule has 3 aromatic carbocycles. The van der Waals surface area contributed by atoms with Crippen molar-refractivity contribution in [2.75, 3.05) is 9.44 Å². The van der Waals surface area contributed by atoms with Crippen molar-refractivity contribution in [2.45, 2.75) is 9.79 Å². The van der Waals surface area contributed by atoms with Crippen molar-refractivity contribution in [3.05, 3.63) is 91.9 Å². The Morgan fingerprint density at radius 2 is 1.43 bits per heavy atom. The maximum Gasteiger partial charge on any atom is 0.264 e. The number of fused-ring (bicyclic) bond motifs is 1. The van der Waals surface area contributed by atoms with Gasteiger partial charge in [-0.1, -0.05) is 34.8 Å². The molecule has 0 aliphatic rings. The molecule has 0 saturated carbocycles. The van der Waals surface area contributed by atoms with Crippen molar-refractivity contribution in [1.29, 1.82) is 0 Å². The number of nitrogens with zero attached hydrogens (tertiary/aromatic N) is 2. The summed E-state index contributed by atoms with van der Waals surface area (Å²) in [5.74, 6) is -1.21. The molecule has 5 aromatic rings. The molecule has 0 saturated heterocycles. The molecule has 2 aromatic heterocycles. The summed E-state index contributed by atoms with van der Waals surface area (Å²) < 4.78 is 69.4. The van der Waals surface area contributed by atoms with Crippen molar-refractivity contribution < 1.29 is 21.2 Å². The lowest BCUT2D eigenvalue weighted by Gasteiger charge is -2.10. The molecule has 0 atom stereocenters. The number of H-pyrrole nitrogens is 2. The highest BCUT2D eigenvalue weighted by Crippen LogP contribution is 2.28. The first-order valence-corrected chi connectivity index (χ1v) is 15.0. The molecule has 2 heterocycles. The van der Waals surface area contributed by atoms with Crippen LogP contribution < -0.4 is 15.0 Å². The highest BCUT2D eigenvalue weighted by Gasteiger charge is 2.23. The van der Waals surface area contributed by atoms with Gasteiger partial charge in [-0.15, -0.1) is 0 Å². The van der Waals surface area contributed by atoms with Gasteiger partial charge in [0.2, 0.25) is 0 Å². The Hall–Kier alpha value is -3.69. The largest absolute Gasteiger partial charge is 0.306 e. The van der Waals surface area contributed by atoms with Crippen LogP contribution in [0.15, 0.2) is 75.2 Å². The average molecular weight is 644 g/mol. The van der Waals surface area contributed by atoms with Crippen molar-refractivity contribution in [1.82, 2.24) is 20.2 Å². The summed E-state index contributed by atoms with van der Waals surface area (Å²) in [6.45, 7) is 0. The number of aromatic amines is 2. The molecular formula is C23H14Cl3FN6O5S2. The van der Waals surface area contributed by atoms with Crippen LogP contribution in [0.3, 0.4) is 0 Å². The SMILES string of the molecule is O=c1[nH]c(-c2ccc(NS(=O)(=O)c3cc(Cl)ccc3F)cc2)nc2[nH]nc(NS(=O)(=O)c3cc(Cl)ccc3Cl)c12. The zero-order chi connectivity index (χ0) is 28.8. The number of rotatable bonds is 7. The Balaban J connectivity index is 1.42. The minimum Gasteiger partial charge on any atom is -0.306 e. The van der Waals surface area contributed by atoms with Gasteiger partial charge in [-0.25, -0.2) is 26.2 Å². The van der Waals surface area contributed by atoms with Gasteiger partial charge in [0.25, 0.3) is 25.6 Å². The number of aromatic nitrogens is 4. The van der Waals surface area contributed by atoms with Crippen LogP contribution in [0.1, 0.15) is 0 Å². The van der Waals surface area contributed by atoms with Crippen LogP contribution in [0.25, 0.3) is 22.4 Å². The zero-order valence-electron chi connectivity index (χ0n) is 19.5. The van der Waals surface area contributed by atoms with E-state index in [-0.39, 0.29) is 48.3 Å². The predicted octanol–water partition coefficient (Wildman–Crippen LogP) is 5.01. The molecule has 0 fully saturated rings. The van der Waals surface area contributed by atoms with Gasteiger partial charge in [0.15, 0.2) is 11.5 Å². The first-order valence-electron chi connectivity index (χ1n) is 10.9. The van der Waals surface area contributed by atoms with Crippen molar-refractivity contribution in [3.8, 4) is 11.4 Å². The van der Waals surface area contributed by atoms with Gasteiger partial charge in [-0.05, 0) is 60.7 Å². The molecule has 0 bridgehead atoms. The average Bonchev–Trinajstić information content (AvgIpc) is 3.29. The number of hydrogen-bond acceptors (Lipinski definition) is 7. The Morgan fingerprint density at radius 1 is 0.800 bits per heavy atom. The van der Waals surface area contributed by atoms with Crippen molar-refractivity contribution >= 4 is 77.4 Å². The van der Waals surface area contributed by atoms with Gasteiger partial charge in [0.1, 0.15) is 26.8 Å². The summed E-state index contributed by atoms with van der Waals surface area (Å²) in [6, 6.07) is 12.7. The minimum absolute atomic E-state index is 0.0325. The molecule has 40 heavy (non-hydrogen) atoms. The lowest BCUT2D eigenvalue weighted by Crippen LogP contribution is -2.16. The Labute approximate surface area is 240 Å². The molecule has 0 spiro atoms. The maximum atomic E-state index is 14.1. The van der Waals surface area contributed by atoms with E-state index >= 15 is 0 Å². The second kappa shape index (κ2) is 10.4. The molecule has 11 nitrogen and oxygen atoms in total. The minimum atomic E-state index is -4.28. The number of hydrogen-bond donors (Lipinski definition) is 4. The first kappa shape index (κ1) is 27.9. The maximum absolute atomic E-state index is 14.1. The Kier molecular flexibility index (Phi) is 7.22. The number of benzene rings is 3. The van der Waals surface area contributed by atoms with E-state index in [1.54, 1.807) is 0 Å². The molecule has 0 radical (unpaired) electrons. The van der Waals surface area contributed by atoms with E-state index in [0.29, 0.717) is 5.56 Å². The molecule has 0 amide bonds. The fraction of sp³-hybridized carbons (Fsp3) is 0. The third kappa shape index (κ3) is 5.48. The molecule has 206 valence electrons. The van der Waals surface area contributed by atoms with Crippen LogP contribution in [0.5, 0.6) is 0 Å². The summed E-state index contributed by atoms with van der Waals surface area (Å²) in [6.07, 6.45) is 0. The quantitative estimate of drug-likeness (QED) is 0.193. The van der Waals surface area contributed by atoms with Gasteiger partial charge >= 0.3 is 0 Å². The van der Waals surface area contributed by atoms with Gasteiger partial charge in [-0.2, -0.15) is 5.10 Å². The van der Waals surface area contributed by atoms with Gasteiger partial charge < -0.3 is 4.98 Å². The van der Waals surface area contributed by atoms with E-state index in [4.69, 9.17) is 34.8 Å². The number of sulfonamides is 2. The lowest BCUT2D eigenvalue weighted by molar-refractivity contribution is 0.570. The monoisotopic (exact) mass is 642 g/mol. The summed E-state index contributed by atoms with van der Waals surface area (Å²) in [5.41, 5.74) is -0.275. The molecule has 4 N–H and O–H groups in total. The van der Waals surface area contributed by atoms with Crippen molar-refractivity contribution in [2.24, 2.45) is 0 Å². The Morgan fingerprint density at radius 3 is 2.12 bits per heavy atom. The van der Waals surface area contributed by atoms with E-state index in [0.717, 1.165) is 18.2 Å². The molecular weight excluding hydrogens is 630 g/mol. The van der Waals surface area contributed by atoms with Crippen LogP contribution in [0.2, 0.25) is 15.1 Å². The van der Waals surface area contributed by atoms with Crippen LogP contribution in [0.4, 0.5) is 15.9 Å².